The van der Waals surface area contributed by atoms with E-state index in [1.165, 1.54) is 154 Å². The minimum Gasteiger partial charge on any atom is -0.462 e. The van der Waals surface area contributed by atoms with Crippen molar-refractivity contribution in [3.63, 3.8) is 0 Å². The third kappa shape index (κ3) is 52.2. The molecule has 0 bridgehead atoms. The van der Waals surface area contributed by atoms with E-state index in [-0.39, 0.29) is 31.1 Å². The summed E-state index contributed by atoms with van der Waals surface area (Å²) in [5, 5.41) is 0. The maximum absolute atomic E-state index is 12.7. The molecule has 0 aromatic carbocycles. The lowest BCUT2D eigenvalue weighted by Gasteiger charge is -2.18. The van der Waals surface area contributed by atoms with Crippen LogP contribution in [0.3, 0.4) is 0 Å². The van der Waals surface area contributed by atoms with E-state index < -0.39 is 6.10 Å². The van der Waals surface area contributed by atoms with Gasteiger partial charge in [-0.25, -0.2) is 0 Å². The van der Waals surface area contributed by atoms with Crippen molar-refractivity contribution in [2.45, 2.75) is 297 Å². The van der Waals surface area contributed by atoms with Crippen molar-refractivity contribution in [3.05, 3.63) is 48.6 Å². The first-order chi connectivity index (χ1) is 32.0. The lowest BCUT2D eigenvalue weighted by Crippen LogP contribution is -2.30. The second-order valence-corrected chi connectivity index (χ2v) is 18.8. The van der Waals surface area contributed by atoms with Crippen molar-refractivity contribution in [2.24, 2.45) is 0 Å². The molecule has 0 heterocycles. The number of hydrogen-bond donors (Lipinski definition) is 0. The summed E-state index contributed by atoms with van der Waals surface area (Å²) in [4.78, 5) is 37.9. The predicted molar refractivity (Wildman–Crippen MR) is 279 cm³/mol. The van der Waals surface area contributed by atoms with Crippen molar-refractivity contribution in [2.75, 3.05) is 13.2 Å². The van der Waals surface area contributed by atoms with Gasteiger partial charge in [-0.15, -0.1) is 0 Å². The zero-order valence-electron chi connectivity index (χ0n) is 43.3. The van der Waals surface area contributed by atoms with Gasteiger partial charge in [0.1, 0.15) is 13.2 Å². The summed E-state index contributed by atoms with van der Waals surface area (Å²) in [5.41, 5.74) is 0. The molecule has 0 N–H and O–H groups in total. The minimum atomic E-state index is -0.777. The minimum absolute atomic E-state index is 0.0776. The first-order valence-electron chi connectivity index (χ1n) is 28.1. The molecule has 0 amide bonds. The Morgan fingerprint density at radius 3 is 0.923 bits per heavy atom. The summed E-state index contributed by atoms with van der Waals surface area (Å²) in [6.45, 7) is 6.51. The van der Waals surface area contributed by atoms with Crippen molar-refractivity contribution in [1.29, 1.82) is 0 Å². The van der Waals surface area contributed by atoms with E-state index in [1.807, 2.05) is 0 Å². The summed E-state index contributed by atoms with van der Waals surface area (Å²) in [5.74, 6) is -0.893. The highest BCUT2D eigenvalue weighted by Crippen LogP contribution is 2.16. The van der Waals surface area contributed by atoms with E-state index in [0.29, 0.717) is 19.3 Å². The molecule has 0 aliphatic heterocycles. The molecule has 0 saturated heterocycles. The number of unbranched alkanes of at least 4 members (excludes halogenated alkanes) is 32. The molecule has 1 unspecified atom stereocenters. The van der Waals surface area contributed by atoms with Crippen LogP contribution in [0.1, 0.15) is 290 Å². The summed E-state index contributed by atoms with van der Waals surface area (Å²) in [7, 11) is 0. The van der Waals surface area contributed by atoms with Gasteiger partial charge in [0, 0.05) is 19.3 Å². The van der Waals surface area contributed by atoms with E-state index >= 15 is 0 Å². The Kier molecular flexibility index (Phi) is 51.8. The van der Waals surface area contributed by atoms with Gasteiger partial charge in [-0.05, 0) is 89.9 Å². The largest absolute Gasteiger partial charge is 0.462 e. The van der Waals surface area contributed by atoms with Crippen LogP contribution in [-0.4, -0.2) is 37.2 Å². The van der Waals surface area contributed by atoms with Gasteiger partial charge in [0.2, 0.25) is 0 Å². The number of esters is 3. The van der Waals surface area contributed by atoms with Gasteiger partial charge in [-0.2, -0.15) is 0 Å². The predicted octanol–water partition coefficient (Wildman–Crippen LogP) is 18.7. The summed E-state index contributed by atoms with van der Waals surface area (Å²) in [6.07, 6.45) is 65.6. The molecule has 0 aromatic heterocycles. The SMILES string of the molecule is CCC/C=C\CCCCCCCC(=O)OCC(COC(=O)CCCCCCCCCCCCCCCCC/C=C\C/C=C\CCCCCCC)OC(=O)CCCCCCC/C=C\CCC. The van der Waals surface area contributed by atoms with Gasteiger partial charge in [-0.3, -0.25) is 14.4 Å². The van der Waals surface area contributed by atoms with Gasteiger partial charge >= 0.3 is 17.9 Å². The molecule has 6 nitrogen and oxygen atoms in total. The lowest BCUT2D eigenvalue weighted by atomic mass is 10.0. The van der Waals surface area contributed by atoms with E-state index in [9.17, 15) is 14.4 Å². The van der Waals surface area contributed by atoms with Crippen LogP contribution in [0.15, 0.2) is 48.6 Å². The number of carbonyl (C=O) groups excluding carboxylic acids is 3. The normalized spacial score (nSPS) is 12.4. The maximum atomic E-state index is 12.7. The lowest BCUT2D eigenvalue weighted by molar-refractivity contribution is -0.167. The van der Waals surface area contributed by atoms with Crippen molar-refractivity contribution >= 4 is 17.9 Å². The first kappa shape index (κ1) is 62.4. The average Bonchev–Trinajstić information content (AvgIpc) is 3.30. The molecule has 0 spiro atoms. The molecular weight excluding hydrogens is 805 g/mol. The molecular formula is C59H106O6. The first-order valence-corrected chi connectivity index (χ1v) is 28.1. The van der Waals surface area contributed by atoms with E-state index in [4.69, 9.17) is 14.2 Å². The second-order valence-electron chi connectivity index (χ2n) is 18.8. The maximum Gasteiger partial charge on any atom is 0.306 e. The molecule has 6 heteroatoms. The molecule has 65 heavy (non-hydrogen) atoms. The highest BCUT2D eigenvalue weighted by atomic mass is 16.6. The number of carbonyl (C=O) groups is 3. The molecule has 0 rings (SSSR count). The molecule has 0 aliphatic carbocycles. The van der Waals surface area contributed by atoms with Gasteiger partial charge in [0.05, 0.1) is 0 Å². The number of rotatable bonds is 51. The fourth-order valence-corrected chi connectivity index (χ4v) is 8.01. The van der Waals surface area contributed by atoms with Gasteiger partial charge in [-0.1, -0.05) is 230 Å². The standard InChI is InChI=1S/C59H106O6/c1-4-7-10-13-16-19-22-23-24-25-26-27-28-29-30-31-32-33-34-35-36-37-38-41-43-46-49-52-58(61)64-55-56(65-59(62)53-50-47-44-40-21-18-15-12-9-6-3)54-63-57(60)51-48-45-42-39-20-17-14-11-8-5-2/h11-12,14-15,22-23,25-26,56H,4-10,13,16-21,24,27-55H2,1-3H3/b14-11-,15-12-,23-22-,26-25-. The molecule has 0 saturated carbocycles. The van der Waals surface area contributed by atoms with Crippen LogP contribution in [0.4, 0.5) is 0 Å². The van der Waals surface area contributed by atoms with E-state index in [0.717, 1.165) is 96.3 Å². The van der Waals surface area contributed by atoms with Crippen LogP contribution >= 0.6 is 0 Å². The fraction of sp³-hybridized carbons (Fsp3) is 0.814. The Morgan fingerprint density at radius 2 is 0.585 bits per heavy atom. The molecule has 378 valence electrons. The quantitative estimate of drug-likeness (QED) is 0.0262. The topological polar surface area (TPSA) is 78.9 Å². The second kappa shape index (κ2) is 54.0. The molecule has 0 radical (unpaired) electrons. The molecule has 0 aromatic rings. The Bertz CT molecular complexity index is 1140. The Labute approximate surface area is 403 Å². The Balaban J connectivity index is 4.09. The third-order valence-corrected chi connectivity index (χ3v) is 12.2. The zero-order valence-corrected chi connectivity index (χ0v) is 43.3. The highest BCUT2D eigenvalue weighted by Gasteiger charge is 2.19. The van der Waals surface area contributed by atoms with Crippen LogP contribution in [0.25, 0.3) is 0 Å². The van der Waals surface area contributed by atoms with E-state index in [2.05, 4.69) is 69.4 Å². The van der Waals surface area contributed by atoms with Crippen molar-refractivity contribution < 1.29 is 28.6 Å². The van der Waals surface area contributed by atoms with Crippen LogP contribution in [-0.2, 0) is 28.6 Å². The highest BCUT2D eigenvalue weighted by molar-refractivity contribution is 5.71. The van der Waals surface area contributed by atoms with Gasteiger partial charge in [0.15, 0.2) is 6.10 Å². The van der Waals surface area contributed by atoms with Crippen LogP contribution in [0.2, 0.25) is 0 Å². The monoisotopic (exact) mass is 911 g/mol. The van der Waals surface area contributed by atoms with Gasteiger partial charge in [0.25, 0.3) is 0 Å². The summed E-state index contributed by atoms with van der Waals surface area (Å²) < 4.78 is 16.8. The average molecular weight is 911 g/mol. The smallest absolute Gasteiger partial charge is 0.306 e. The third-order valence-electron chi connectivity index (χ3n) is 12.2. The molecule has 0 fully saturated rings. The zero-order chi connectivity index (χ0) is 47.2. The van der Waals surface area contributed by atoms with Crippen LogP contribution in [0.5, 0.6) is 0 Å². The number of hydrogen-bond acceptors (Lipinski definition) is 6. The van der Waals surface area contributed by atoms with Gasteiger partial charge < -0.3 is 14.2 Å². The van der Waals surface area contributed by atoms with Crippen LogP contribution < -0.4 is 0 Å². The number of ether oxygens (including phenoxy) is 3. The van der Waals surface area contributed by atoms with Crippen LogP contribution in [0, 0.1) is 0 Å². The van der Waals surface area contributed by atoms with Crippen molar-refractivity contribution in [1.82, 2.24) is 0 Å². The fourth-order valence-electron chi connectivity index (χ4n) is 8.01. The number of allylic oxidation sites excluding steroid dienone is 8. The molecule has 0 aliphatic rings. The van der Waals surface area contributed by atoms with E-state index in [1.54, 1.807) is 0 Å². The summed E-state index contributed by atoms with van der Waals surface area (Å²) in [6, 6.07) is 0. The molecule has 1 atom stereocenters. The summed E-state index contributed by atoms with van der Waals surface area (Å²) >= 11 is 0. The van der Waals surface area contributed by atoms with Crippen molar-refractivity contribution in [3.8, 4) is 0 Å². The Hall–Kier alpha value is -2.63. The Morgan fingerprint density at radius 1 is 0.308 bits per heavy atom.